The summed E-state index contributed by atoms with van der Waals surface area (Å²) in [6.45, 7) is 4.31. The third kappa shape index (κ3) is 6.71. The summed E-state index contributed by atoms with van der Waals surface area (Å²) in [5, 5.41) is 3.23. The van der Waals surface area contributed by atoms with Crippen LogP contribution in [-0.2, 0) is 16.0 Å². The molecule has 1 aliphatic rings. The van der Waals surface area contributed by atoms with Gasteiger partial charge in [0.25, 0.3) is 0 Å². The van der Waals surface area contributed by atoms with Crippen molar-refractivity contribution in [3.8, 4) is 0 Å². The van der Waals surface area contributed by atoms with Crippen LogP contribution >= 0.6 is 0 Å². The van der Waals surface area contributed by atoms with Gasteiger partial charge in [0, 0.05) is 26.1 Å². The van der Waals surface area contributed by atoms with E-state index in [4.69, 9.17) is 4.74 Å². The van der Waals surface area contributed by atoms with Gasteiger partial charge in [-0.25, -0.2) is 0 Å². The molecular formula is C19H30N2O2. The first-order valence-electron chi connectivity index (χ1n) is 8.83. The lowest BCUT2D eigenvalue weighted by Crippen LogP contribution is -2.40. The van der Waals surface area contributed by atoms with Gasteiger partial charge in [0.05, 0.1) is 6.61 Å². The first-order valence-corrected chi connectivity index (χ1v) is 8.83. The van der Waals surface area contributed by atoms with E-state index in [0.29, 0.717) is 18.9 Å². The molecule has 0 bridgehead atoms. The lowest BCUT2D eigenvalue weighted by molar-refractivity contribution is -0.132. The zero-order valence-electron chi connectivity index (χ0n) is 14.3. The van der Waals surface area contributed by atoms with Crippen LogP contribution in [-0.4, -0.2) is 50.7 Å². The molecule has 0 unspecified atom stereocenters. The molecule has 1 aromatic rings. The first-order chi connectivity index (χ1) is 11.3. The van der Waals surface area contributed by atoms with Crippen LogP contribution in [0.3, 0.4) is 0 Å². The highest BCUT2D eigenvalue weighted by Crippen LogP contribution is 2.17. The number of amides is 1. The lowest BCUT2D eigenvalue weighted by Gasteiger charge is -2.32. The number of nitrogens with zero attached hydrogens (tertiary/aromatic N) is 1. The van der Waals surface area contributed by atoms with Crippen molar-refractivity contribution in [3.63, 3.8) is 0 Å². The minimum absolute atomic E-state index is 0.291. The topological polar surface area (TPSA) is 41.6 Å². The fourth-order valence-electron chi connectivity index (χ4n) is 3.10. The lowest BCUT2D eigenvalue weighted by atomic mass is 9.96. The van der Waals surface area contributed by atoms with Crippen LogP contribution in [0.1, 0.15) is 31.2 Å². The Kier molecular flexibility index (Phi) is 8.12. The van der Waals surface area contributed by atoms with Gasteiger partial charge in [-0.2, -0.15) is 0 Å². The smallest absolute Gasteiger partial charge is 0.222 e. The van der Waals surface area contributed by atoms with Gasteiger partial charge in [-0.3, -0.25) is 4.79 Å². The number of hydrogen-bond acceptors (Lipinski definition) is 3. The summed E-state index contributed by atoms with van der Waals surface area (Å²) in [6.07, 6.45) is 4.63. The van der Waals surface area contributed by atoms with Crippen LogP contribution < -0.4 is 5.32 Å². The van der Waals surface area contributed by atoms with Crippen molar-refractivity contribution in [1.29, 1.82) is 0 Å². The Morgan fingerprint density at radius 2 is 1.96 bits per heavy atom. The molecule has 0 saturated carbocycles. The Labute approximate surface area is 140 Å². The van der Waals surface area contributed by atoms with Gasteiger partial charge in [0.15, 0.2) is 0 Å². The van der Waals surface area contributed by atoms with E-state index in [1.54, 1.807) is 0 Å². The van der Waals surface area contributed by atoms with Crippen LogP contribution in [0.5, 0.6) is 0 Å². The fourth-order valence-corrected chi connectivity index (χ4v) is 3.10. The monoisotopic (exact) mass is 318 g/mol. The zero-order valence-corrected chi connectivity index (χ0v) is 14.3. The third-order valence-electron chi connectivity index (χ3n) is 4.52. The van der Waals surface area contributed by atoms with E-state index in [1.165, 1.54) is 5.56 Å². The summed E-state index contributed by atoms with van der Waals surface area (Å²) in [5.74, 6) is 1.02. The Morgan fingerprint density at radius 3 is 2.65 bits per heavy atom. The largest absolute Gasteiger partial charge is 0.381 e. The number of rotatable bonds is 9. The van der Waals surface area contributed by atoms with E-state index in [9.17, 15) is 4.79 Å². The summed E-state index contributed by atoms with van der Waals surface area (Å²) in [7, 11) is 2.00. The number of carbonyl (C=O) groups excluding carboxylic acids is 1. The van der Waals surface area contributed by atoms with E-state index in [-0.39, 0.29) is 0 Å². The molecule has 128 valence electrons. The predicted octanol–water partition coefficient (Wildman–Crippen LogP) is 2.48. The molecule has 1 aromatic carbocycles. The molecule has 4 heteroatoms. The average Bonchev–Trinajstić information content (AvgIpc) is 2.59. The van der Waals surface area contributed by atoms with Crippen molar-refractivity contribution in [2.24, 2.45) is 5.92 Å². The van der Waals surface area contributed by atoms with Gasteiger partial charge in [-0.15, -0.1) is 0 Å². The molecule has 0 radical (unpaired) electrons. The molecule has 4 nitrogen and oxygen atoms in total. The molecule has 23 heavy (non-hydrogen) atoms. The van der Waals surface area contributed by atoms with Crippen molar-refractivity contribution in [2.75, 3.05) is 39.9 Å². The molecule has 1 N–H and O–H groups in total. The van der Waals surface area contributed by atoms with Crippen molar-refractivity contribution in [2.45, 2.75) is 32.1 Å². The second-order valence-corrected chi connectivity index (χ2v) is 6.33. The van der Waals surface area contributed by atoms with E-state index in [2.05, 4.69) is 17.4 Å². The second kappa shape index (κ2) is 10.4. The highest BCUT2D eigenvalue weighted by Gasteiger charge is 2.21. The Balaban J connectivity index is 1.50. The summed E-state index contributed by atoms with van der Waals surface area (Å²) in [5.41, 5.74) is 1.30. The molecule has 1 heterocycles. The molecule has 0 aliphatic carbocycles. The molecule has 0 aromatic heterocycles. The van der Waals surface area contributed by atoms with Crippen molar-refractivity contribution in [3.05, 3.63) is 35.9 Å². The summed E-state index contributed by atoms with van der Waals surface area (Å²) < 4.78 is 5.65. The molecule has 2 rings (SSSR count). The number of ether oxygens (including phenoxy) is 1. The SMILES string of the molecule is CNCC1CCN(C(=O)CCCOCCc2ccccc2)CC1. The number of benzene rings is 1. The van der Waals surface area contributed by atoms with Gasteiger partial charge in [-0.05, 0) is 50.8 Å². The highest BCUT2D eigenvalue weighted by atomic mass is 16.5. The third-order valence-corrected chi connectivity index (χ3v) is 4.52. The minimum atomic E-state index is 0.291. The van der Waals surface area contributed by atoms with Crippen molar-refractivity contribution < 1.29 is 9.53 Å². The van der Waals surface area contributed by atoms with E-state index in [0.717, 1.165) is 57.8 Å². The number of nitrogens with one attached hydrogen (secondary N) is 1. The Hall–Kier alpha value is -1.39. The molecule has 1 fully saturated rings. The van der Waals surface area contributed by atoms with Gasteiger partial charge in [0.2, 0.25) is 5.91 Å². The quantitative estimate of drug-likeness (QED) is 0.711. The minimum Gasteiger partial charge on any atom is -0.381 e. The predicted molar refractivity (Wildman–Crippen MR) is 93.4 cm³/mol. The van der Waals surface area contributed by atoms with Gasteiger partial charge < -0.3 is 15.0 Å². The first kappa shape index (κ1) is 18.0. The molecule has 1 aliphatic heterocycles. The molecular weight excluding hydrogens is 288 g/mol. The fraction of sp³-hybridized carbons (Fsp3) is 0.632. The van der Waals surface area contributed by atoms with Gasteiger partial charge in [0.1, 0.15) is 0 Å². The maximum absolute atomic E-state index is 12.2. The van der Waals surface area contributed by atoms with Crippen LogP contribution in [0, 0.1) is 5.92 Å². The molecule has 1 saturated heterocycles. The second-order valence-electron chi connectivity index (χ2n) is 6.33. The average molecular weight is 318 g/mol. The molecule has 0 atom stereocenters. The highest BCUT2D eigenvalue weighted by molar-refractivity contribution is 5.76. The summed E-state index contributed by atoms with van der Waals surface area (Å²) >= 11 is 0. The molecule has 0 spiro atoms. The standard InChI is InChI=1S/C19H30N2O2/c1-20-16-18-9-12-21(13-10-18)19(22)8-5-14-23-15-11-17-6-3-2-4-7-17/h2-4,6-7,18,20H,5,8-16H2,1H3. The van der Waals surface area contributed by atoms with Gasteiger partial charge in [-0.1, -0.05) is 30.3 Å². The number of likely N-dealkylation sites (tertiary alicyclic amines) is 1. The number of piperidine rings is 1. The zero-order chi connectivity index (χ0) is 16.3. The summed E-state index contributed by atoms with van der Waals surface area (Å²) in [4.78, 5) is 14.2. The van der Waals surface area contributed by atoms with Crippen LogP contribution in [0.25, 0.3) is 0 Å². The van der Waals surface area contributed by atoms with Crippen LogP contribution in [0.2, 0.25) is 0 Å². The Morgan fingerprint density at radius 1 is 1.22 bits per heavy atom. The van der Waals surface area contributed by atoms with E-state index < -0.39 is 0 Å². The van der Waals surface area contributed by atoms with Crippen molar-refractivity contribution in [1.82, 2.24) is 10.2 Å². The van der Waals surface area contributed by atoms with E-state index in [1.807, 2.05) is 30.1 Å². The van der Waals surface area contributed by atoms with Crippen LogP contribution in [0.15, 0.2) is 30.3 Å². The van der Waals surface area contributed by atoms with E-state index >= 15 is 0 Å². The Bertz CT molecular complexity index is 442. The van der Waals surface area contributed by atoms with Crippen LogP contribution in [0.4, 0.5) is 0 Å². The maximum atomic E-state index is 12.2. The number of carbonyl (C=O) groups is 1. The van der Waals surface area contributed by atoms with Crippen molar-refractivity contribution >= 4 is 5.91 Å². The number of hydrogen-bond donors (Lipinski definition) is 1. The normalized spacial score (nSPS) is 15.8. The van der Waals surface area contributed by atoms with Gasteiger partial charge >= 0.3 is 0 Å². The maximum Gasteiger partial charge on any atom is 0.222 e. The summed E-state index contributed by atoms with van der Waals surface area (Å²) in [6, 6.07) is 10.4. The molecule has 1 amide bonds.